The van der Waals surface area contributed by atoms with Crippen molar-refractivity contribution in [3.8, 4) is 0 Å². The molecule has 1 atom stereocenters. The molecule has 1 unspecified atom stereocenters. The minimum Gasteiger partial charge on any atom is -0.449 e. The average Bonchev–Trinajstić information content (AvgIpc) is 2.60. The maximum absolute atomic E-state index is 13.2. The zero-order valence-electron chi connectivity index (χ0n) is 14.7. The Morgan fingerprint density at radius 1 is 1.30 bits per heavy atom. The molecule has 0 bridgehead atoms. The van der Waals surface area contributed by atoms with Crippen LogP contribution in [0.15, 0.2) is 42.5 Å². The number of carbonyl (C=O) groups excluding carboxylic acids is 2. The lowest BCUT2D eigenvalue weighted by Gasteiger charge is -2.21. The highest BCUT2D eigenvalue weighted by molar-refractivity contribution is 5.93. The van der Waals surface area contributed by atoms with E-state index in [-0.39, 0.29) is 17.8 Å². The molecular formula is C18H18FN3O5. The third-order valence-corrected chi connectivity index (χ3v) is 3.78. The Balaban J connectivity index is 2.04. The summed E-state index contributed by atoms with van der Waals surface area (Å²) in [7, 11) is 1.49. The molecule has 8 nitrogen and oxygen atoms in total. The third kappa shape index (κ3) is 5.00. The molecule has 2 aromatic carbocycles. The van der Waals surface area contributed by atoms with Crippen LogP contribution in [0.4, 0.5) is 15.8 Å². The average molecular weight is 375 g/mol. The number of ether oxygens (including phenoxy) is 1. The van der Waals surface area contributed by atoms with E-state index >= 15 is 0 Å². The van der Waals surface area contributed by atoms with E-state index in [0.29, 0.717) is 5.56 Å². The Kier molecular flexibility index (Phi) is 6.07. The highest BCUT2D eigenvalue weighted by Crippen LogP contribution is 2.23. The summed E-state index contributed by atoms with van der Waals surface area (Å²) in [5, 5.41) is 10.9. The molecule has 0 aromatic heterocycles. The van der Waals surface area contributed by atoms with Crippen LogP contribution in [-0.2, 0) is 16.1 Å². The van der Waals surface area contributed by atoms with Crippen molar-refractivity contribution in [3.63, 3.8) is 0 Å². The molecule has 27 heavy (non-hydrogen) atoms. The van der Waals surface area contributed by atoms with Gasteiger partial charge in [-0.1, -0.05) is 12.1 Å². The highest BCUT2D eigenvalue weighted by Gasteiger charge is 2.24. The first-order valence-electron chi connectivity index (χ1n) is 7.93. The van der Waals surface area contributed by atoms with E-state index in [1.165, 1.54) is 49.2 Å². The Morgan fingerprint density at radius 3 is 2.63 bits per heavy atom. The maximum Gasteiger partial charge on any atom is 0.339 e. The number of nitro benzene ring substituents is 1. The molecule has 1 amide bonds. The summed E-state index contributed by atoms with van der Waals surface area (Å²) in [5.41, 5.74) is 5.46. The molecule has 2 aromatic rings. The largest absolute Gasteiger partial charge is 0.449 e. The number of halogens is 1. The lowest BCUT2D eigenvalue weighted by atomic mass is 10.1. The lowest BCUT2D eigenvalue weighted by molar-refractivity contribution is -0.383. The number of nitro groups is 1. The molecule has 0 heterocycles. The number of nitrogens with zero attached hydrogens (tertiary/aromatic N) is 2. The van der Waals surface area contributed by atoms with Gasteiger partial charge < -0.3 is 15.4 Å². The van der Waals surface area contributed by atoms with E-state index in [0.717, 1.165) is 6.07 Å². The van der Waals surface area contributed by atoms with E-state index in [2.05, 4.69) is 0 Å². The zero-order chi connectivity index (χ0) is 20.1. The van der Waals surface area contributed by atoms with Crippen LogP contribution >= 0.6 is 0 Å². The van der Waals surface area contributed by atoms with Gasteiger partial charge in [0.1, 0.15) is 11.5 Å². The first kappa shape index (κ1) is 19.8. The van der Waals surface area contributed by atoms with E-state index in [9.17, 15) is 24.1 Å². The van der Waals surface area contributed by atoms with Gasteiger partial charge >= 0.3 is 5.97 Å². The molecule has 9 heteroatoms. The highest BCUT2D eigenvalue weighted by atomic mass is 19.1. The van der Waals surface area contributed by atoms with Crippen LogP contribution < -0.4 is 5.73 Å². The summed E-state index contributed by atoms with van der Waals surface area (Å²) in [6, 6.07) is 9.27. The van der Waals surface area contributed by atoms with Crippen LogP contribution in [0, 0.1) is 15.9 Å². The van der Waals surface area contributed by atoms with Gasteiger partial charge in [0.05, 0.1) is 10.5 Å². The Bertz CT molecular complexity index is 887. The molecule has 0 fully saturated rings. The number of carbonyl (C=O) groups is 2. The van der Waals surface area contributed by atoms with E-state index in [1.54, 1.807) is 6.07 Å². The number of hydrogen-bond donors (Lipinski definition) is 1. The van der Waals surface area contributed by atoms with Crippen molar-refractivity contribution in [2.75, 3.05) is 12.8 Å². The van der Waals surface area contributed by atoms with Gasteiger partial charge in [-0.05, 0) is 36.8 Å². The van der Waals surface area contributed by atoms with Crippen molar-refractivity contribution in [2.45, 2.75) is 19.6 Å². The fourth-order valence-corrected chi connectivity index (χ4v) is 2.41. The van der Waals surface area contributed by atoms with Gasteiger partial charge in [-0.25, -0.2) is 9.18 Å². The molecule has 0 saturated carbocycles. The van der Waals surface area contributed by atoms with Crippen LogP contribution in [-0.4, -0.2) is 34.9 Å². The first-order valence-corrected chi connectivity index (χ1v) is 7.93. The molecule has 142 valence electrons. The first-order chi connectivity index (χ1) is 12.7. The summed E-state index contributed by atoms with van der Waals surface area (Å²) in [6.45, 7) is 1.51. The second kappa shape index (κ2) is 8.26. The fourth-order valence-electron chi connectivity index (χ4n) is 2.41. The number of anilines is 1. The SMILES string of the molecule is CC(OC(=O)c1ccc(N)c([N+](=O)[O-])c1)C(=O)N(C)Cc1cccc(F)c1. The van der Waals surface area contributed by atoms with Crippen molar-refractivity contribution >= 4 is 23.3 Å². The summed E-state index contributed by atoms with van der Waals surface area (Å²) >= 11 is 0. The molecule has 0 aliphatic rings. The topological polar surface area (TPSA) is 116 Å². The van der Waals surface area contributed by atoms with Crippen LogP contribution in [0.3, 0.4) is 0 Å². The van der Waals surface area contributed by atoms with Crippen LogP contribution in [0.5, 0.6) is 0 Å². The van der Waals surface area contributed by atoms with Crippen molar-refractivity contribution in [1.82, 2.24) is 4.90 Å². The second-order valence-electron chi connectivity index (χ2n) is 5.90. The van der Waals surface area contributed by atoms with Crippen LogP contribution in [0.2, 0.25) is 0 Å². The quantitative estimate of drug-likeness (QED) is 0.359. The number of hydrogen-bond acceptors (Lipinski definition) is 6. The number of amides is 1. The number of rotatable bonds is 6. The predicted octanol–water partition coefficient (Wildman–Crippen LogP) is 2.52. The van der Waals surface area contributed by atoms with Crippen LogP contribution in [0.25, 0.3) is 0 Å². The smallest absolute Gasteiger partial charge is 0.339 e. The lowest BCUT2D eigenvalue weighted by Crippen LogP contribution is -2.37. The third-order valence-electron chi connectivity index (χ3n) is 3.78. The van der Waals surface area contributed by atoms with Gasteiger partial charge in [-0.3, -0.25) is 14.9 Å². The van der Waals surface area contributed by atoms with Gasteiger partial charge in [-0.15, -0.1) is 0 Å². The standard InChI is InChI=1S/C18H18FN3O5/c1-11(17(23)21(2)10-12-4-3-5-14(19)8-12)27-18(24)13-6-7-15(20)16(9-13)22(25)26/h3-9,11H,10,20H2,1-2H3. The molecule has 2 rings (SSSR count). The van der Waals surface area contributed by atoms with E-state index in [1.807, 2.05) is 0 Å². The number of benzene rings is 2. The minimum absolute atomic E-state index is 0.0875. The van der Waals surface area contributed by atoms with Gasteiger partial charge in [-0.2, -0.15) is 0 Å². The Morgan fingerprint density at radius 2 is 2.00 bits per heavy atom. The number of nitrogens with two attached hydrogens (primary N) is 1. The molecule has 0 spiro atoms. The predicted molar refractivity (Wildman–Crippen MR) is 95.3 cm³/mol. The number of likely N-dealkylation sites (N-methyl/N-ethyl adjacent to an activating group) is 1. The molecule has 0 aliphatic heterocycles. The van der Waals surface area contributed by atoms with Crippen molar-refractivity contribution < 1.29 is 23.6 Å². The fraction of sp³-hybridized carbons (Fsp3) is 0.222. The monoisotopic (exact) mass is 375 g/mol. The van der Waals surface area contributed by atoms with Crippen molar-refractivity contribution in [3.05, 3.63) is 69.5 Å². The van der Waals surface area contributed by atoms with Gasteiger partial charge in [0, 0.05) is 19.7 Å². The minimum atomic E-state index is -1.13. The zero-order valence-corrected chi connectivity index (χ0v) is 14.7. The van der Waals surface area contributed by atoms with Gasteiger partial charge in [0.2, 0.25) is 0 Å². The normalized spacial score (nSPS) is 11.5. The maximum atomic E-state index is 13.2. The summed E-state index contributed by atoms with van der Waals surface area (Å²) < 4.78 is 18.3. The van der Waals surface area contributed by atoms with E-state index in [4.69, 9.17) is 10.5 Å². The molecule has 2 N–H and O–H groups in total. The van der Waals surface area contributed by atoms with Crippen molar-refractivity contribution in [2.24, 2.45) is 0 Å². The van der Waals surface area contributed by atoms with Crippen LogP contribution in [0.1, 0.15) is 22.8 Å². The molecule has 0 saturated heterocycles. The molecule has 0 radical (unpaired) electrons. The van der Waals surface area contributed by atoms with Crippen molar-refractivity contribution in [1.29, 1.82) is 0 Å². The Labute approximate surface area is 154 Å². The number of esters is 1. The summed E-state index contributed by atoms with van der Waals surface area (Å²) in [5.74, 6) is -1.81. The second-order valence-corrected chi connectivity index (χ2v) is 5.90. The van der Waals surface area contributed by atoms with Gasteiger partial charge in [0.15, 0.2) is 6.10 Å². The summed E-state index contributed by atoms with van der Waals surface area (Å²) in [4.78, 5) is 36.0. The van der Waals surface area contributed by atoms with Gasteiger partial charge in [0.25, 0.3) is 11.6 Å². The summed E-state index contributed by atoms with van der Waals surface area (Å²) in [6.07, 6.45) is -1.13. The molecular weight excluding hydrogens is 357 g/mol. The van der Waals surface area contributed by atoms with E-state index < -0.39 is 34.4 Å². The Hall–Kier alpha value is -3.49. The molecule has 0 aliphatic carbocycles. The number of nitrogen functional groups attached to an aromatic ring is 1.